The van der Waals surface area contributed by atoms with Gasteiger partial charge in [-0.3, -0.25) is 0 Å². The van der Waals surface area contributed by atoms with Gasteiger partial charge in [-0.15, -0.1) is 0 Å². The Labute approximate surface area is 108 Å². The molecule has 0 amide bonds. The molecule has 1 unspecified atom stereocenters. The van der Waals surface area contributed by atoms with E-state index >= 15 is 0 Å². The predicted molar refractivity (Wildman–Crippen MR) is 66.4 cm³/mol. The molecule has 0 aliphatic heterocycles. The third-order valence-electron chi connectivity index (χ3n) is 2.62. The Morgan fingerprint density at radius 3 is 2.89 bits per heavy atom. The summed E-state index contributed by atoms with van der Waals surface area (Å²) in [7, 11) is 0. The zero-order chi connectivity index (χ0) is 13.0. The standard InChI is InChI=1S/C12H13F2N3S/c1-2-15-11(12-7-16-18-17-12)6-8-5-9(13)3-4-10(8)14/h3-5,7,11,15H,2,6H2,1H3. The number of hydrogen-bond donors (Lipinski definition) is 1. The van der Waals surface area contributed by atoms with Crippen molar-refractivity contribution >= 4 is 11.7 Å². The van der Waals surface area contributed by atoms with Gasteiger partial charge in [0.2, 0.25) is 0 Å². The smallest absolute Gasteiger partial charge is 0.126 e. The maximum atomic E-state index is 13.6. The van der Waals surface area contributed by atoms with E-state index in [-0.39, 0.29) is 6.04 Å². The highest BCUT2D eigenvalue weighted by Crippen LogP contribution is 2.19. The minimum Gasteiger partial charge on any atom is -0.309 e. The van der Waals surface area contributed by atoms with Crippen molar-refractivity contribution < 1.29 is 8.78 Å². The van der Waals surface area contributed by atoms with Crippen LogP contribution >= 0.6 is 11.7 Å². The van der Waals surface area contributed by atoms with Gasteiger partial charge in [-0.1, -0.05) is 6.92 Å². The van der Waals surface area contributed by atoms with Crippen molar-refractivity contribution in [2.75, 3.05) is 6.54 Å². The summed E-state index contributed by atoms with van der Waals surface area (Å²) >= 11 is 1.10. The number of aromatic nitrogens is 2. The lowest BCUT2D eigenvalue weighted by Crippen LogP contribution is -2.23. The number of benzene rings is 1. The van der Waals surface area contributed by atoms with E-state index in [1.165, 1.54) is 6.07 Å². The molecular formula is C12H13F2N3S. The summed E-state index contributed by atoms with van der Waals surface area (Å²) in [6.45, 7) is 2.67. The minimum absolute atomic E-state index is 0.148. The topological polar surface area (TPSA) is 37.8 Å². The lowest BCUT2D eigenvalue weighted by molar-refractivity contribution is 0.515. The first-order valence-electron chi connectivity index (χ1n) is 5.65. The number of hydrogen-bond acceptors (Lipinski definition) is 4. The van der Waals surface area contributed by atoms with Gasteiger partial charge >= 0.3 is 0 Å². The van der Waals surface area contributed by atoms with E-state index in [0.717, 1.165) is 36.1 Å². The predicted octanol–water partition coefficient (Wildman–Crippen LogP) is 2.71. The Hall–Kier alpha value is -1.40. The molecule has 1 aromatic carbocycles. The van der Waals surface area contributed by atoms with E-state index in [9.17, 15) is 8.78 Å². The summed E-state index contributed by atoms with van der Waals surface area (Å²) < 4.78 is 34.8. The molecule has 96 valence electrons. The Bertz CT molecular complexity index is 502. The van der Waals surface area contributed by atoms with Crippen molar-refractivity contribution in [3.05, 3.63) is 47.3 Å². The van der Waals surface area contributed by atoms with Gasteiger partial charge in [-0.05, 0) is 36.7 Å². The van der Waals surface area contributed by atoms with Gasteiger partial charge in [-0.2, -0.15) is 8.75 Å². The zero-order valence-corrected chi connectivity index (χ0v) is 10.7. The van der Waals surface area contributed by atoms with E-state index in [2.05, 4.69) is 14.1 Å². The van der Waals surface area contributed by atoms with Crippen molar-refractivity contribution in [2.45, 2.75) is 19.4 Å². The number of rotatable bonds is 5. The second-order valence-corrected chi connectivity index (χ2v) is 4.44. The molecule has 0 radical (unpaired) electrons. The molecule has 0 aliphatic carbocycles. The maximum Gasteiger partial charge on any atom is 0.126 e. The monoisotopic (exact) mass is 269 g/mol. The Morgan fingerprint density at radius 2 is 2.22 bits per heavy atom. The molecule has 3 nitrogen and oxygen atoms in total. The van der Waals surface area contributed by atoms with Crippen LogP contribution in [-0.4, -0.2) is 15.3 Å². The van der Waals surface area contributed by atoms with E-state index in [4.69, 9.17) is 0 Å². The summed E-state index contributed by atoms with van der Waals surface area (Å²) in [4.78, 5) is 0. The molecule has 0 saturated carbocycles. The van der Waals surface area contributed by atoms with Crippen molar-refractivity contribution in [2.24, 2.45) is 0 Å². The van der Waals surface area contributed by atoms with E-state index in [1.54, 1.807) is 6.20 Å². The summed E-state index contributed by atoms with van der Waals surface area (Å²) in [5.41, 5.74) is 1.10. The fraction of sp³-hybridized carbons (Fsp3) is 0.333. The molecule has 0 saturated heterocycles. The molecule has 0 fully saturated rings. The van der Waals surface area contributed by atoms with Crippen LogP contribution in [-0.2, 0) is 6.42 Å². The van der Waals surface area contributed by atoms with Crippen LogP contribution in [0.3, 0.4) is 0 Å². The van der Waals surface area contributed by atoms with Gasteiger partial charge in [0.1, 0.15) is 11.6 Å². The Morgan fingerprint density at radius 1 is 1.39 bits per heavy atom. The number of halogens is 2. The highest BCUT2D eigenvalue weighted by molar-refractivity contribution is 6.99. The largest absolute Gasteiger partial charge is 0.309 e. The highest BCUT2D eigenvalue weighted by atomic mass is 32.1. The number of likely N-dealkylation sites (N-methyl/N-ethyl adjacent to an activating group) is 1. The number of nitrogens with one attached hydrogen (secondary N) is 1. The van der Waals surface area contributed by atoms with E-state index in [0.29, 0.717) is 12.0 Å². The summed E-state index contributed by atoms with van der Waals surface area (Å²) in [6, 6.07) is 3.34. The van der Waals surface area contributed by atoms with Gasteiger partial charge in [0.15, 0.2) is 0 Å². The first-order chi connectivity index (χ1) is 8.70. The highest BCUT2D eigenvalue weighted by Gasteiger charge is 2.16. The van der Waals surface area contributed by atoms with Crippen LogP contribution in [0, 0.1) is 11.6 Å². The van der Waals surface area contributed by atoms with Gasteiger partial charge in [0.25, 0.3) is 0 Å². The fourth-order valence-corrected chi connectivity index (χ4v) is 2.24. The van der Waals surface area contributed by atoms with Gasteiger partial charge < -0.3 is 5.32 Å². The van der Waals surface area contributed by atoms with Gasteiger partial charge in [0, 0.05) is 0 Å². The first-order valence-corrected chi connectivity index (χ1v) is 6.38. The second kappa shape index (κ2) is 5.97. The van der Waals surface area contributed by atoms with Crippen LogP contribution in [0.25, 0.3) is 0 Å². The third-order valence-corrected chi connectivity index (χ3v) is 3.11. The van der Waals surface area contributed by atoms with Crippen molar-refractivity contribution in [1.29, 1.82) is 0 Å². The minimum atomic E-state index is -0.432. The number of nitrogens with zero attached hydrogens (tertiary/aromatic N) is 2. The maximum absolute atomic E-state index is 13.6. The Balaban J connectivity index is 2.21. The lowest BCUT2D eigenvalue weighted by atomic mass is 10.0. The molecule has 2 rings (SSSR count). The molecule has 18 heavy (non-hydrogen) atoms. The molecule has 0 bridgehead atoms. The Kier molecular flexibility index (Phi) is 4.33. The van der Waals surface area contributed by atoms with Crippen molar-refractivity contribution in [1.82, 2.24) is 14.1 Å². The summed E-state index contributed by atoms with van der Waals surface area (Å²) in [5.74, 6) is -0.833. The third kappa shape index (κ3) is 3.08. The molecule has 1 aromatic heterocycles. The SMILES string of the molecule is CCNC(Cc1cc(F)ccc1F)c1cnsn1. The molecule has 6 heteroatoms. The molecule has 0 aliphatic rings. The van der Waals surface area contributed by atoms with Crippen LogP contribution in [0.1, 0.15) is 24.2 Å². The van der Waals surface area contributed by atoms with Crippen molar-refractivity contribution in [3.63, 3.8) is 0 Å². The van der Waals surface area contributed by atoms with E-state index < -0.39 is 11.6 Å². The van der Waals surface area contributed by atoms with Crippen LogP contribution < -0.4 is 5.32 Å². The quantitative estimate of drug-likeness (QED) is 0.907. The van der Waals surface area contributed by atoms with Gasteiger partial charge in [-0.25, -0.2) is 8.78 Å². The van der Waals surface area contributed by atoms with Gasteiger partial charge in [0.05, 0.1) is 29.7 Å². The molecular weight excluding hydrogens is 256 g/mol. The summed E-state index contributed by atoms with van der Waals surface area (Å²) in [5, 5.41) is 3.20. The fourth-order valence-electron chi connectivity index (χ4n) is 1.77. The average Bonchev–Trinajstić information content (AvgIpc) is 2.87. The van der Waals surface area contributed by atoms with E-state index in [1.807, 2.05) is 6.92 Å². The molecule has 1 heterocycles. The molecule has 1 N–H and O–H groups in total. The summed E-state index contributed by atoms with van der Waals surface area (Å²) in [6.07, 6.45) is 2.00. The van der Waals surface area contributed by atoms with Crippen LogP contribution in [0.2, 0.25) is 0 Å². The molecule has 1 atom stereocenters. The lowest BCUT2D eigenvalue weighted by Gasteiger charge is -2.15. The van der Waals surface area contributed by atoms with Crippen molar-refractivity contribution in [3.8, 4) is 0 Å². The van der Waals surface area contributed by atoms with Crippen LogP contribution in [0.4, 0.5) is 8.78 Å². The zero-order valence-electron chi connectivity index (χ0n) is 9.86. The molecule has 2 aromatic rings. The average molecular weight is 269 g/mol. The van der Waals surface area contributed by atoms with Crippen LogP contribution in [0.5, 0.6) is 0 Å². The first kappa shape index (κ1) is 13.0. The second-order valence-electron chi connectivity index (χ2n) is 3.88. The normalized spacial score (nSPS) is 12.6. The molecule has 0 spiro atoms. The van der Waals surface area contributed by atoms with Crippen LogP contribution in [0.15, 0.2) is 24.4 Å².